The second-order valence-electron chi connectivity index (χ2n) is 9.02. The van der Waals surface area contributed by atoms with E-state index in [1.165, 1.54) is 64.0 Å². The lowest BCUT2D eigenvalue weighted by Gasteiger charge is -2.12. The summed E-state index contributed by atoms with van der Waals surface area (Å²) < 4.78 is 10.3. The van der Waals surface area contributed by atoms with Crippen LogP contribution in [0.3, 0.4) is 0 Å². The van der Waals surface area contributed by atoms with Gasteiger partial charge in [0.25, 0.3) is 0 Å². The third kappa shape index (κ3) is 8.50. The van der Waals surface area contributed by atoms with Crippen LogP contribution in [0.4, 0.5) is 0 Å². The summed E-state index contributed by atoms with van der Waals surface area (Å²) in [6, 6.07) is 16.1. The van der Waals surface area contributed by atoms with E-state index >= 15 is 0 Å². The Morgan fingerprint density at radius 3 is 1.94 bits per heavy atom. The van der Waals surface area contributed by atoms with Gasteiger partial charge in [0.1, 0.15) is 5.75 Å². The molecule has 0 amide bonds. The van der Waals surface area contributed by atoms with Gasteiger partial charge in [-0.25, -0.2) is 14.8 Å². The maximum absolute atomic E-state index is 11.5. The number of aryl methyl sites for hydroxylation is 1. The average molecular weight is 475 g/mol. The number of carbonyl (C=O) groups excluding carboxylic acids is 1. The Hall–Kier alpha value is -3.21. The minimum absolute atomic E-state index is 0.408. The standard InChI is InChI=1S/C30H38N2O3/c1-4-5-6-7-8-9-10-11-12-24-13-15-25(16-14-24)27-21-31-29(32-22-27)26-17-19-28(20-18-26)35-23(2)30(33)34-3/h13-23H,4-12H2,1-3H3. The molecule has 5 nitrogen and oxygen atoms in total. The minimum atomic E-state index is -0.659. The van der Waals surface area contributed by atoms with Gasteiger partial charge in [-0.05, 0) is 55.2 Å². The third-order valence-electron chi connectivity index (χ3n) is 6.22. The lowest BCUT2D eigenvalue weighted by molar-refractivity contribution is -0.147. The van der Waals surface area contributed by atoms with Crippen molar-refractivity contribution in [2.24, 2.45) is 0 Å². The van der Waals surface area contributed by atoms with E-state index in [1.54, 1.807) is 19.1 Å². The van der Waals surface area contributed by atoms with Crippen molar-refractivity contribution in [1.29, 1.82) is 0 Å². The molecule has 186 valence electrons. The highest BCUT2D eigenvalue weighted by Gasteiger charge is 2.14. The normalized spacial score (nSPS) is 11.7. The van der Waals surface area contributed by atoms with Crippen LogP contribution in [-0.4, -0.2) is 29.2 Å². The van der Waals surface area contributed by atoms with E-state index in [0.29, 0.717) is 11.6 Å². The van der Waals surface area contributed by atoms with Crippen molar-refractivity contribution in [3.05, 3.63) is 66.5 Å². The number of rotatable bonds is 14. The van der Waals surface area contributed by atoms with Crippen LogP contribution in [0.2, 0.25) is 0 Å². The summed E-state index contributed by atoms with van der Waals surface area (Å²) in [6.45, 7) is 3.92. The third-order valence-corrected chi connectivity index (χ3v) is 6.22. The van der Waals surface area contributed by atoms with E-state index in [-0.39, 0.29) is 0 Å². The number of carbonyl (C=O) groups is 1. The van der Waals surface area contributed by atoms with E-state index in [9.17, 15) is 4.79 Å². The van der Waals surface area contributed by atoms with Crippen LogP contribution in [-0.2, 0) is 16.0 Å². The minimum Gasteiger partial charge on any atom is -0.479 e. The van der Waals surface area contributed by atoms with Crippen LogP contribution in [0.1, 0.15) is 70.8 Å². The van der Waals surface area contributed by atoms with Crippen molar-refractivity contribution >= 4 is 5.97 Å². The highest BCUT2D eigenvalue weighted by molar-refractivity contribution is 5.74. The lowest BCUT2D eigenvalue weighted by atomic mass is 10.0. The molecule has 0 N–H and O–H groups in total. The molecule has 0 fully saturated rings. The number of methoxy groups -OCH3 is 1. The van der Waals surface area contributed by atoms with E-state index in [2.05, 4.69) is 45.9 Å². The first kappa shape index (κ1) is 26.4. The van der Waals surface area contributed by atoms with E-state index in [0.717, 1.165) is 23.1 Å². The van der Waals surface area contributed by atoms with Gasteiger partial charge in [-0.1, -0.05) is 76.1 Å². The Labute approximate surface area is 209 Å². The van der Waals surface area contributed by atoms with Gasteiger partial charge in [0.05, 0.1) is 7.11 Å². The van der Waals surface area contributed by atoms with Crippen molar-refractivity contribution in [2.45, 2.75) is 77.7 Å². The number of unbranched alkanes of at least 4 members (excludes halogenated alkanes) is 7. The zero-order valence-corrected chi connectivity index (χ0v) is 21.3. The van der Waals surface area contributed by atoms with E-state index in [4.69, 9.17) is 4.74 Å². The summed E-state index contributed by atoms with van der Waals surface area (Å²) in [5.41, 5.74) is 4.40. The molecule has 3 rings (SSSR count). The maximum Gasteiger partial charge on any atom is 0.346 e. The number of nitrogens with zero attached hydrogens (tertiary/aromatic N) is 2. The van der Waals surface area contributed by atoms with Crippen LogP contribution in [0.25, 0.3) is 22.5 Å². The fourth-order valence-corrected chi connectivity index (χ4v) is 4.05. The molecule has 0 aliphatic carbocycles. The van der Waals surface area contributed by atoms with Crippen molar-refractivity contribution in [1.82, 2.24) is 9.97 Å². The number of hydrogen-bond acceptors (Lipinski definition) is 5. The van der Waals surface area contributed by atoms with Crippen LogP contribution in [0.5, 0.6) is 5.75 Å². The Kier molecular flexibility index (Phi) is 10.7. The zero-order valence-electron chi connectivity index (χ0n) is 21.3. The molecule has 1 aromatic heterocycles. The fraction of sp³-hybridized carbons (Fsp3) is 0.433. The average Bonchev–Trinajstić information content (AvgIpc) is 2.90. The highest BCUT2D eigenvalue weighted by Crippen LogP contribution is 2.23. The summed E-state index contributed by atoms with van der Waals surface area (Å²) in [4.78, 5) is 20.6. The number of aromatic nitrogens is 2. The number of benzene rings is 2. The molecule has 1 atom stereocenters. The smallest absolute Gasteiger partial charge is 0.346 e. The van der Waals surface area contributed by atoms with Crippen molar-refractivity contribution < 1.29 is 14.3 Å². The second-order valence-corrected chi connectivity index (χ2v) is 9.02. The predicted octanol–water partition coefficient (Wildman–Crippen LogP) is 7.43. The van der Waals surface area contributed by atoms with E-state index in [1.807, 2.05) is 24.5 Å². The van der Waals surface area contributed by atoms with Gasteiger partial charge < -0.3 is 9.47 Å². The quantitative estimate of drug-likeness (QED) is 0.179. The predicted molar refractivity (Wildman–Crippen MR) is 141 cm³/mol. The van der Waals surface area contributed by atoms with Gasteiger partial charge in [-0.2, -0.15) is 0 Å². The Morgan fingerprint density at radius 2 is 1.34 bits per heavy atom. The first-order valence-corrected chi connectivity index (χ1v) is 12.9. The molecule has 5 heteroatoms. The molecule has 0 saturated carbocycles. The Bertz CT molecular complexity index is 1010. The molecule has 0 spiro atoms. The van der Waals surface area contributed by atoms with E-state index < -0.39 is 12.1 Å². The van der Waals surface area contributed by atoms with Gasteiger partial charge >= 0.3 is 5.97 Å². The van der Waals surface area contributed by atoms with Gasteiger partial charge in [0, 0.05) is 23.5 Å². The lowest BCUT2D eigenvalue weighted by Crippen LogP contribution is -2.24. The molecule has 1 unspecified atom stereocenters. The fourth-order valence-electron chi connectivity index (χ4n) is 4.05. The SMILES string of the molecule is CCCCCCCCCCc1ccc(-c2cnc(-c3ccc(OC(C)C(=O)OC)cc3)nc2)cc1. The summed E-state index contributed by atoms with van der Waals surface area (Å²) in [6.07, 6.45) is 15.0. The van der Waals surface area contributed by atoms with Crippen molar-refractivity contribution in [3.63, 3.8) is 0 Å². The first-order chi connectivity index (χ1) is 17.1. The van der Waals surface area contributed by atoms with Crippen molar-refractivity contribution in [3.8, 4) is 28.3 Å². The van der Waals surface area contributed by atoms with Gasteiger partial charge in [-0.3, -0.25) is 0 Å². The van der Waals surface area contributed by atoms with Gasteiger partial charge in [0.2, 0.25) is 0 Å². The Balaban J connectivity index is 1.48. The van der Waals surface area contributed by atoms with Crippen LogP contribution >= 0.6 is 0 Å². The number of ether oxygens (including phenoxy) is 2. The number of esters is 1. The second kappa shape index (κ2) is 14.2. The monoisotopic (exact) mass is 474 g/mol. The number of hydrogen-bond donors (Lipinski definition) is 0. The van der Waals surface area contributed by atoms with Gasteiger partial charge in [-0.15, -0.1) is 0 Å². The molecule has 0 radical (unpaired) electrons. The largest absolute Gasteiger partial charge is 0.479 e. The molecule has 3 aromatic rings. The topological polar surface area (TPSA) is 61.3 Å². The Morgan fingerprint density at radius 1 is 0.771 bits per heavy atom. The molecule has 0 aliphatic rings. The molecule has 1 heterocycles. The van der Waals surface area contributed by atoms with Gasteiger partial charge in [0.15, 0.2) is 11.9 Å². The molecule has 0 bridgehead atoms. The zero-order chi connectivity index (χ0) is 24.9. The van der Waals surface area contributed by atoms with Crippen molar-refractivity contribution in [2.75, 3.05) is 7.11 Å². The summed E-state index contributed by atoms with van der Waals surface area (Å²) in [7, 11) is 1.35. The maximum atomic E-state index is 11.5. The molecule has 0 aliphatic heterocycles. The molecular weight excluding hydrogens is 436 g/mol. The first-order valence-electron chi connectivity index (χ1n) is 12.9. The summed E-state index contributed by atoms with van der Waals surface area (Å²) in [5, 5.41) is 0. The molecule has 0 saturated heterocycles. The summed E-state index contributed by atoms with van der Waals surface area (Å²) >= 11 is 0. The van der Waals surface area contributed by atoms with Crippen LogP contribution in [0.15, 0.2) is 60.9 Å². The molecule has 35 heavy (non-hydrogen) atoms. The summed E-state index contributed by atoms with van der Waals surface area (Å²) in [5.74, 6) is 0.831. The molecule has 2 aromatic carbocycles. The molecular formula is C30H38N2O3. The van der Waals surface area contributed by atoms with Crippen LogP contribution in [0, 0.1) is 0 Å². The highest BCUT2D eigenvalue weighted by atomic mass is 16.6. The van der Waals surface area contributed by atoms with Crippen LogP contribution < -0.4 is 4.74 Å².